The Bertz CT molecular complexity index is 959. The van der Waals surface area contributed by atoms with Crippen molar-refractivity contribution >= 4 is 27.5 Å². The molecule has 0 atom stereocenters. The van der Waals surface area contributed by atoms with Crippen LogP contribution in [0.25, 0.3) is 0 Å². The van der Waals surface area contributed by atoms with E-state index in [4.69, 9.17) is 0 Å². The Kier molecular flexibility index (Phi) is 7.32. The normalized spacial score (nSPS) is 11.6. The van der Waals surface area contributed by atoms with E-state index in [-0.39, 0.29) is 16.7 Å². The molecule has 0 saturated carbocycles. The van der Waals surface area contributed by atoms with Crippen molar-refractivity contribution in [2.24, 2.45) is 0 Å². The molecule has 4 nitrogen and oxygen atoms in total. The van der Waals surface area contributed by atoms with Crippen molar-refractivity contribution in [1.82, 2.24) is 4.57 Å². The largest absolute Gasteiger partial charge is 0.432 e. The Morgan fingerprint density at radius 2 is 1.69 bits per heavy atom. The summed E-state index contributed by atoms with van der Waals surface area (Å²) in [5.74, 6) is -1.05. The molecule has 0 aliphatic heterocycles. The molecular weight excluding hydrogens is 449 g/mol. The molecule has 1 N–H and O–H groups in total. The third-order valence-corrected chi connectivity index (χ3v) is 5.77. The number of pyridine rings is 1. The van der Waals surface area contributed by atoms with Gasteiger partial charge in [0, 0.05) is 17.9 Å². The standard InChI is InChI=1S/C21H24BrF3N2O2/c1-5-11-27-12(4)16(22)18(28)15(19(27)21(23,24)25)20(29)26-17-13(6-2)9-8-10-14(17)7-3/h8-10H,5-7,11H2,1-4H3,(H,26,29). The molecule has 0 radical (unpaired) electrons. The molecule has 1 aromatic carbocycles. The van der Waals surface area contributed by atoms with E-state index >= 15 is 0 Å². The van der Waals surface area contributed by atoms with Gasteiger partial charge in [-0.05, 0) is 53.2 Å². The number of anilines is 1. The first kappa shape index (κ1) is 23.2. The summed E-state index contributed by atoms with van der Waals surface area (Å²) < 4.78 is 42.8. The van der Waals surface area contributed by atoms with Crippen LogP contribution >= 0.6 is 15.9 Å². The first-order valence-corrected chi connectivity index (χ1v) is 10.3. The van der Waals surface area contributed by atoms with Crippen LogP contribution in [0.5, 0.6) is 0 Å². The Labute approximate surface area is 176 Å². The highest BCUT2D eigenvalue weighted by Gasteiger charge is 2.41. The summed E-state index contributed by atoms with van der Waals surface area (Å²) in [7, 11) is 0. The number of aryl methyl sites for hydroxylation is 2. The first-order chi connectivity index (χ1) is 13.6. The van der Waals surface area contributed by atoms with Gasteiger partial charge >= 0.3 is 6.18 Å². The fourth-order valence-corrected chi connectivity index (χ4v) is 3.80. The molecule has 0 unspecified atom stereocenters. The smallest absolute Gasteiger partial charge is 0.339 e. The number of carbonyl (C=O) groups is 1. The van der Waals surface area contributed by atoms with Gasteiger partial charge in [0.2, 0.25) is 5.43 Å². The molecule has 2 rings (SSSR count). The van der Waals surface area contributed by atoms with Crippen LogP contribution in [-0.4, -0.2) is 10.5 Å². The van der Waals surface area contributed by atoms with Crippen molar-refractivity contribution in [2.45, 2.75) is 59.7 Å². The molecule has 2 aromatic rings. The van der Waals surface area contributed by atoms with Gasteiger partial charge in [0.15, 0.2) is 0 Å². The lowest BCUT2D eigenvalue weighted by molar-refractivity contribution is -0.144. The molecule has 0 aliphatic rings. The number of alkyl halides is 3. The summed E-state index contributed by atoms with van der Waals surface area (Å²) in [5.41, 5.74) is -0.868. The summed E-state index contributed by atoms with van der Waals surface area (Å²) >= 11 is 3.08. The average Bonchev–Trinajstić information content (AvgIpc) is 2.67. The highest BCUT2D eigenvalue weighted by molar-refractivity contribution is 9.10. The maximum Gasteiger partial charge on any atom is 0.432 e. The Hall–Kier alpha value is -2.09. The lowest BCUT2D eigenvalue weighted by Crippen LogP contribution is -2.33. The predicted octanol–water partition coefficient (Wildman–Crippen LogP) is 5.73. The zero-order valence-electron chi connectivity index (χ0n) is 16.8. The fourth-order valence-electron chi connectivity index (χ4n) is 3.39. The van der Waals surface area contributed by atoms with Gasteiger partial charge in [0.05, 0.1) is 4.47 Å². The van der Waals surface area contributed by atoms with E-state index in [1.807, 2.05) is 19.9 Å². The molecule has 0 bridgehead atoms. The van der Waals surface area contributed by atoms with Crippen molar-refractivity contribution in [2.75, 3.05) is 5.32 Å². The van der Waals surface area contributed by atoms with E-state index in [2.05, 4.69) is 21.2 Å². The number of para-hydroxylation sites is 1. The molecule has 0 aliphatic carbocycles. The number of carbonyl (C=O) groups excluding carboxylic acids is 1. The van der Waals surface area contributed by atoms with Gasteiger partial charge in [-0.15, -0.1) is 0 Å². The zero-order valence-corrected chi connectivity index (χ0v) is 18.4. The molecule has 1 aromatic heterocycles. The topological polar surface area (TPSA) is 51.1 Å². The number of nitrogens with zero attached hydrogens (tertiary/aromatic N) is 1. The van der Waals surface area contributed by atoms with Crippen LogP contribution in [0.4, 0.5) is 18.9 Å². The number of halogens is 4. The quantitative estimate of drug-likeness (QED) is 0.583. The van der Waals surface area contributed by atoms with Crippen LogP contribution in [0, 0.1) is 6.92 Å². The number of aromatic nitrogens is 1. The number of nitrogens with one attached hydrogen (secondary N) is 1. The monoisotopic (exact) mass is 472 g/mol. The fraction of sp³-hybridized carbons (Fsp3) is 0.429. The van der Waals surface area contributed by atoms with E-state index in [9.17, 15) is 22.8 Å². The van der Waals surface area contributed by atoms with Crippen molar-refractivity contribution in [1.29, 1.82) is 0 Å². The maximum absolute atomic E-state index is 14.0. The molecular formula is C21H24BrF3N2O2. The van der Waals surface area contributed by atoms with E-state index in [0.29, 0.717) is 24.9 Å². The minimum Gasteiger partial charge on any atom is -0.339 e. The van der Waals surface area contributed by atoms with Crippen LogP contribution < -0.4 is 10.7 Å². The van der Waals surface area contributed by atoms with Gasteiger partial charge in [-0.1, -0.05) is 39.0 Å². The Balaban J connectivity index is 2.75. The van der Waals surface area contributed by atoms with Crippen molar-refractivity contribution < 1.29 is 18.0 Å². The third-order valence-electron chi connectivity index (χ3n) is 4.84. The van der Waals surface area contributed by atoms with Crippen molar-refractivity contribution in [3.05, 3.63) is 61.0 Å². The molecule has 29 heavy (non-hydrogen) atoms. The second kappa shape index (κ2) is 9.15. The third kappa shape index (κ3) is 4.57. The van der Waals surface area contributed by atoms with Gasteiger partial charge in [-0.25, -0.2) is 0 Å². The Morgan fingerprint density at radius 3 is 2.14 bits per heavy atom. The maximum atomic E-state index is 14.0. The second-order valence-corrected chi connectivity index (χ2v) is 7.51. The predicted molar refractivity (Wildman–Crippen MR) is 112 cm³/mol. The van der Waals surface area contributed by atoms with E-state index < -0.39 is 28.8 Å². The number of rotatable bonds is 6. The van der Waals surface area contributed by atoms with Gasteiger partial charge in [-0.3, -0.25) is 9.59 Å². The molecule has 0 spiro atoms. The van der Waals surface area contributed by atoms with Gasteiger partial charge in [0.25, 0.3) is 5.91 Å². The van der Waals surface area contributed by atoms with E-state index in [1.165, 1.54) is 6.92 Å². The molecule has 0 fully saturated rings. The summed E-state index contributed by atoms with van der Waals surface area (Å²) in [4.78, 5) is 25.7. The summed E-state index contributed by atoms with van der Waals surface area (Å²) in [6, 6.07) is 5.45. The van der Waals surface area contributed by atoms with Crippen LogP contribution in [0.2, 0.25) is 0 Å². The highest BCUT2D eigenvalue weighted by atomic mass is 79.9. The van der Waals surface area contributed by atoms with E-state index in [1.54, 1.807) is 19.1 Å². The minimum absolute atomic E-state index is 0.0333. The second-order valence-electron chi connectivity index (χ2n) is 6.71. The molecule has 158 valence electrons. The highest BCUT2D eigenvalue weighted by Crippen LogP contribution is 2.34. The molecule has 1 amide bonds. The van der Waals surface area contributed by atoms with Gasteiger partial charge < -0.3 is 9.88 Å². The number of hydrogen-bond acceptors (Lipinski definition) is 2. The summed E-state index contributed by atoms with van der Waals surface area (Å²) in [6.45, 7) is 6.98. The van der Waals surface area contributed by atoms with E-state index in [0.717, 1.165) is 15.7 Å². The summed E-state index contributed by atoms with van der Waals surface area (Å²) in [6.07, 6.45) is -3.26. The number of benzene rings is 1. The molecule has 0 saturated heterocycles. The SMILES string of the molecule is CCCn1c(C)c(Br)c(=O)c(C(=O)Nc2c(CC)cccc2CC)c1C(F)(F)F. The van der Waals surface area contributed by atoms with Crippen LogP contribution in [0.1, 0.15) is 60.1 Å². The van der Waals surface area contributed by atoms with Crippen LogP contribution in [-0.2, 0) is 25.6 Å². The number of hydrogen-bond donors (Lipinski definition) is 1. The lowest BCUT2D eigenvalue weighted by atomic mass is 10.0. The molecule has 8 heteroatoms. The molecule has 1 heterocycles. The summed E-state index contributed by atoms with van der Waals surface area (Å²) in [5, 5.41) is 2.59. The zero-order chi connectivity index (χ0) is 21.9. The number of amides is 1. The van der Waals surface area contributed by atoms with Crippen molar-refractivity contribution in [3.8, 4) is 0 Å². The van der Waals surface area contributed by atoms with Crippen LogP contribution in [0.15, 0.2) is 27.5 Å². The minimum atomic E-state index is -4.86. The van der Waals surface area contributed by atoms with Crippen molar-refractivity contribution in [3.63, 3.8) is 0 Å². The average molecular weight is 473 g/mol. The Morgan fingerprint density at radius 1 is 1.14 bits per heavy atom. The lowest BCUT2D eigenvalue weighted by Gasteiger charge is -2.23. The van der Waals surface area contributed by atoms with Gasteiger partial charge in [0.1, 0.15) is 11.3 Å². The van der Waals surface area contributed by atoms with Crippen LogP contribution in [0.3, 0.4) is 0 Å². The first-order valence-electron chi connectivity index (χ1n) is 9.50. The van der Waals surface area contributed by atoms with Gasteiger partial charge in [-0.2, -0.15) is 13.2 Å².